The predicted octanol–water partition coefficient (Wildman–Crippen LogP) is 5.17. The number of hydrogen-bond acceptors (Lipinski definition) is 0. The Labute approximate surface area is 107 Å². The van der Waals surface area contributed by atoms with Crippen molar-refractivity contribution in [3.63, 3.8) is 0 Å². The molecule has 0 aromatic rings. The third-order valence-electron chi connectivity index (χ3n) is 4.10. The van der Waals surface area contributed by atoms with E-state index in [0.29, 0.717) is 0 Å². The van der Waals surface area contributed by atoms with Crippen molar-refractivity contribution in [2.24, 2.45) is 11.8 Å². The fraction of sp³-hybridized carbons (Fsp3) is 1.00. The third kappa shape index (κ3) is 6.65. The normalized spacial score (nSPS) is 22.0. The van der Waals surface area contributed by atoms with E-state index in [1.807, 2.05) is 0 Å². The molecule has 0 aromatic carbocycles. The molecule has 0 heterocycles. The van der Waals surface area contributed by atoms with E-state index in [4.69, 9.17) is 0 Å². The van der Waals surface area contributed by atoms with Gasteiger partial charge in [-0.1, -0.05) is 78.1 Å². The molecule has 0 radical (unpaired) electrons. The molecule has 0 unspecified atom stereocenters. The standard InChI is InChI=1S/2C7H14.Cr/c2*1-2-7-5-3-4-6-7;/h2*7H,2-6H2,1H3;. The Hall–Kier alpha value is 0.532. The first-order chi connectivity index (χ1) is 6.86. The zero-order valence-electron chi connectivity index (χ0n) is 10.6. The predicted molar refractivity (Wildman–Crippen MR) is 64.5 cm³/mol. The summed E-state index contributed by atoms with van der Waals surface area (Å²) in [5, 5.41) is 0. The van der Waals surface area contributed by atoms with Gasteiger partial charge in [-0.15, -0.1) is 0 Å². The molecule has 0 saturated heterocycles. The number of hydrogen-bond donors (Lipinski definition) is 0. The summed E-state index contributed by atoms with van der Waals surface area (Å²) in [5.41, 5.74) is 0. The molecule has 2 fully saturated rings. The van der Waals surface area contributed by atoms with Crippen LogP contribution in [-0.4, -0.2) is 0 Å². The zero-order valence-corrected chi connectivity index (χ0v) is 11.9. The van der Waals surface area contributed by atoms with E-state index in [2.05, 4.69) is 13.8 Å². The van der Waals surface area contributed by atoms with E-state index in [9.17, 15) is 0 Å². The first-order valence-electron chi connectivity index (χ1n) is 6.86. The van der Waals surface area contributed by atoms with Gasteiger partial charge in [0.15, 0.2) is 0 Å². The second-order valence-electron chi connectivity index (χ2n) is 5.12. The molecular formula is C14H28Cr. The summed E-state index contributed by atoms with van der Waals surface area (Å²) in [5.74, 6) is 2.19. The molecule has 0 nitrogen and oxygen atoms in total. The Bertz CT molecular complexity index is 105. The Morgan fingerprint density at radius 2 is 0.933 bits per heavy atom. The SMILES string of the molecule is CCC1CCCC1.CCC1CCCC1.[Cr]. The van der Waals surface area contributed by atoms with Crippen LogP contribution in [0.4, 0.5) is 0 Å². The summed E-state index contributed by atoms with van der Waals surface area (Å²) >= 11 is 0. The van der Waals surface area contributed by atoms with Gasteiger partial charge in [0.2, 0.25) is 0 Å². The van der Waals surface area contributed by atoms with Gasteiger partial charge in [-0.2, -0.15) is 0 Å². The monoisotopic (exact) mass is 248 g/mol. The molecule has 0 spiro atoms. The van der Waals surface area contributed by atoms with Crippen LogP contribution in [0, 0.1) is 11.8 Å². The first-order valence-corrected chi connectivity index (χ1v) is 6.86. The summed E-state index contributed by atoms with van der Waals surface area (Å²) in [7, 11) is 0. The van der Waals surface area contributed by atoms with Gasteiger partial charge in [0.1, 0.15) is 0 Å². The van der Waals surface area contributed by atoms with Crippen LogP contribution in [-0.2, 0) is 17.4 Å². The van der Waals surface area contributed by atoms with Crippen molar-refractivity contribution in [1.29, 1.82) is 0 Å². The molecule has 1 heteroatoms. The molecule has 0 amide bonds. The van der Waals surface area contributed by atoms with E-state index < -0.39 is 0 Å². The summed E-state index contributed by atoms with van der Waals surface area (Å²) in [6.07, 6.45) is 14.9. The van der Waals surface area contributed by atoms with Crippen LogP contribution in [0.5, 0.6) is 0 Å². The van der Waals surface area contributed by atoms with Gasteiger partial charge >= 0.3 is 0 Å². The average molecular weight is 248 g/mol. The Kier molecular flexibility index (Phi) is 10.1. The van der Waals surface area contributed by atoms with Crippen molar-refractivity contribution < 1.29 is 17.4 Å². The largest absolute Gasteiger partial charge is 0.0651 e. The van der Waals surface area contributed by atoms with E-state index in [0.717, 1.165) is 11.8 Å². The van der Waals surface area contributed by atoms with Crippen molar-refractivity contribution >= 4 is 0 Å². The summed E-state index contributed by atoms with van der Waals surface area (Å²) in [6, 6.07) is 0. The van der Waals surface area contributed by atoms with Gasteiger partial charge in [0.25, 0.3) is 0 Å². The van der Waals surface area contributed by atoms with Gasteiger partial charge in [-0.05, 0) is 11.8 Å². The maximum atomic E-state index is 2.30. The second kappa shape index (κ2) is 9.74. The second-order valence-corrected chi connectivity index (χ2v) is 5.12. The average Bonchev–Trinajstić information content (AvgIpc) is 2.92. The van der Waals surface area contributed by atoms with Crippen LogP contribution in [0.1, 0.15) is 78.1 Å². The molecule has 2 aliphatic carbocycles. The molecule has 0 atom stereocenters. The third-order valence-corrected chi connectivity index (χ3v) is 4.10. The van der Waals surface area contributed by atoms with Crippen molar-refractivity contribution in [2.45, 2.75) is 78.1 Å². The Morgan fingerprint density at radius 1 is 0.667 bits per heavy atom. The minimum absolute atomic E-state index is 0. The van der Waals surface area contributed by atoms with E-state index >= 15 is 0 Å². The molecular weight excluding hydrogens is 220 g/mol. The van der Waals surface area contributed by atoms with E-state index in [1.165, 1.54) is 64.2 Å². The van der Waals surface area contributed by atoms with Gasteiger partial charge in [0, 0.05) is 17.4 Å². The van der Waals surface area contributed by atoms with Crippen molar-refractivity contribution in [3.05, 3.63) is 0 Å². The first kappa shape index (κ1) is 15.5. The molecule has 15 heavy (non-hydrogen) atoms. The maximum absolute atomic E-state index is 2.30. The quantitative estimate of drug-likeness (QED) is 0.632. The fourth-order valence-corrected chi connectivity index (χ4v) is 2.84. The van der Waals surface area contributed by atoms with Crippen LogP contribution in [0.15, 0.2) is 0 Å². The van der Waals surface area contributed by atoms with Gasteiger partial charge in [0.05, 0.1) is 0 Å². The van der Waals surface area contributed by atoms with Crippen LogP contribution in [0.2, 0.25) is 0 Å². The van der Waals surface area contributed by atoms with Crippen molar-refractivity contribution in [1.82, 2.24) is 0 Å². The molecule has 0 N–H and O–H groups in total. The number of rotatable bonds is 2. The fourth-order valence-electron chi connectivity index (χ4n) is 2.84. The smallest absolute Gasteiger partial charge is 0 e. The minimum Gasteiger partial charge on any atom is -0.0651 e. The molecule has 2 rings (SSSR count). The maximum Gasteiger partial charge on any atom is 0 e. The molecule has 0 aromatic heterocycles. The van der Waals surface area contributed by atoms with Gasteiger partial charge in [-0.25, -0.2) is 0 Å². The summed E-state index contributed by atoms with van der Waals surface area (Å²) < 4.78 is 0. The minimum atomic E-state index is 0. The summed E-state index contributed by atoms with van der Waals surface area (Å²) in [4.78, 5) is 0. The van der Waals surface area contributed by atoms with Crippen LogP contribution >= 0.6 is 0 Å². The van der Waals surface area contributed by atoms with Gasteiger partial charge in [-0.3, -0.25) is 0 Å². The van der Waals surface area contributed by atoms with Gasteiger partial charge < -0.3 is 0 Å². The molecule has 0 aliphatic heterocycles. The Morgan fingerprint density at radius 3 is 1.07 bits per heavy atom. The van der Waals surface area contributed by atoms with Crippen molar-refractivity contribution in [2.75, 3.05) is 0 Å². The van der Waals surface area contributed by atoms with Crippen LogP contribution < -0.4 is 0 Å². The molecule has 2 saturated carbocycles. The van der Waals surface area contributed by atoms with Crippen LogP contribution in [0.25, 0.3) is 0 Å². The molecule has 90 valence electrons. The van der Waals surface area contributed by atoms with E-state index in [-0.39, 0.29) is 17.4 Å². The summed E-state index contributed by atoms with van der Waals surface area (Å²) in [6.45, 7) is 4.60. The zero-order chi connectivity index (χ0) is 10.2. The molecule has 2 aliphatic rings. The van der Waals surface area contributed by atoms with E-state index in [1.54, 1.807) is 0 Å². The van der Waals surface area contributed by atoms with Crippen LogP contribution in [0.3, 0.4) is 0 Å². The van der Waals surface area contributed by atoms with Crippen molar-refractivity contribution in [3.8, 4) is 0 Å². The Balaban J connectivity index is 0.000000245. The molecule has 0 bridgehead atoms. The topological polar surface area (TPSA) is 0 Å².